The Bertz CT molecular complexity index is 127. The summed E-state index contributed by atoms with van der Waals surface area (Å²) in [5, 5.41) is 1.02. The third-order valence-electron chi connectivity index (χ3n) is 3.41. The Labute approximate surface area is 94.2 Å². The van der Waals surface area contributed by atoms with E-state index in [1.54, 1.807) is 0 Å². The van der Waals surface area contributed by atoms with Crippen molar-refractivity contribution in [3.05, 3.63) is 0 Å². The minimum absolute atomic E-state index is 1.00. The quantitative estimate of drug-likeness (QED) is 0.582. The SMILES string of the molecule is CCCCC(CC)CSC1CCCC1. The molecule has 0 aromatic carbocycles. The topological polar surface area (TPSA) is 0 Å². The monoisotopic (exact) mass is 214 g/mol. The van der Waals surface area contributed by atoms with Gasteiger partial charge in [0, 0.05) is 5.25 Å². The normalized spacial score (nSPS) is 20.1. The molecule has 0 N–H and O–H groups in total. The summed E-state index contributed by atoms with van der Waals surface area (Å²) in [6, 6.07) is 0. The smallest absolute Gasteiger partial charge is 0.00471 e. The first-order chi connectivity index (χ1) is 6.86. The van der Waals surface area contributed by atoms with E-state index in [4.69, 9.17) is 0 Å². The van der Waals surface area contributed by atoms with Gasteiger partial charge < -0.3 is 0 Å². The second-order valence-electron chi connectivity index (χ2n) is 4.66. The van der Waals surface area contributed by atoms with Gasteiger partial charge in [-0.05, 0) is 30.9 Å². The zero-order valence-corrected chi connectivity index (χ0v) is 10.7. The lowest BCUT2D eigenvalue weighted by molar-refractivity contribution is 0.499. The molecule has 1 unspecified atom stereocenters. The van der Waals surface area contributed by atoms with E-state index in [1.165, 1.54) is 57.1 Å². The summed E-state index contributed by atoms with van der Waals surface area (Å²) < 4.78 is 0. The maximum absolute atomic E-state index is 2.36. The van der Waals surface area contributed by atoms with Gasteiger partial charge in [-0.1, -0.05) is 46.0 Å². The molecule has 1 saturated carbocycles. The second-order valence-corrected chi connectivity index (χ2v) is 5.99. The van der Waals surface area contributed by atoms with Crippen LogP contribution in [0.3, 0.4) is 0 Å². The number of hydrogen-bond acceptors (Lipinski definition) is 1. The first kappa shape index (κ1) is 12.4. The van der Waals surface area contributed by atoms with Gasteiger partial charge in [-0.3, -0.25) is 0 Å². The van der Waals surface area contributed by atoms with Gasteiger partial charge >= 0.3 is 0 Å². The van der Waals surface area contributed by atoms with Gasteiger partial charge in [0.15, 0.2) is 0 Å². The highest BCUT2D eigenvalue weighted by molar-refractivity contribution is 7.99. The number of unbranched alkanes of at least 4 members (excludes halogenated alkanes) is 1. The zero-order chi connectivity index (χ0) is 10.2. The molecule has 14 heavy (non-hydrogen) atoms. The lowest BCUT2D eigenvalue weighted by atomic mass is 10.0. The van der Waals surface area contributed by atoms with E-state index in [0.29, 0.717) is 0 Å². The van der Waals surface area contributed by atoms with Crippen molar-refractivity contribution in [3.8, 4) is 0 Å². The molecule has 0 saturated heterocycles. The Morgan fingerprint density at radius 1 is 1.21 bits per heavy atom. The van der Waals surface area contributed by atoms with Gasteiger partial charge in [-0.25, -0.2) is 0 Å². The van der Waals surface area contributed by atoms with Crippen molar-refractivity contribution in [1.29, 1.82) is 0 Å². The van der Waals surface area contributed by atoms with E-state index < -0.39 is 0 Å². The fourth-order valence-electron chi connectivity index (χ4n) is 2.23. The molecule has 1 rings (SSSR count). The molecule has 1 aliphatic carbocycles. The molecule has 0 aromatic heterocycles. The van der Waals surface area contributed by atoms with Crippen LogP contribution in [0.4, 0.5) is 0 Å². The molecular weight excluding hydrogens is 188 g/mol. The molecule has 0 nitrogen and oxygen atoms in total. The van der Waals surface area contributed by atoms with Crippen LogP contribution in [0.25, 0.3) is 0 Å². The van der Waals surface area contributed by atoms with E-state index in [9.17, 15) is 0 Å². The van der Waals surface area contributed by atoms with E-state index >= 15 is 0 Å². The van der Waals surface area contributed by atoms with E-state index in [0.717, 1.165) is 11.2 Å². The molecule has 0 aliphatic heterocycles. The van der Waals surface area contributed by atoms with Gasteiger partial charge in [0.1, 0.15) is 0 Å². The molecule has 0 radical (unpaired) electrons. The third kappa shape index (κ3) is 4.72. The molecule has 1 fully saturated rings. The van der Waals surface area contributed by atoms with Crippen molar-refractivity contribution in [1.82, 2.24) is 0 Å². The lowest BCUT2D eigenvalue weighted by Crippen LogP contribution is -2.06. The summed E-state index contributed by atoms with van der Waals surface area (Å²) in [5.41, 5.74) is 0. The van der Waals surface area contributed by atoms with Crippen LogP contribution in [0.1, 0.15) is 65.2 Å². The maximum Gasteiger partial charge on any atom is 0.00471 e. The number of thioether (sulfide) groups is 1. The molecule has 0 bridgehead atoms. The molecule has 0 amide bonds. The highest BCUT2D eigenvalue weighted by atomic mass is 32.2. The van der Waals surface area contributed by atoms with Crippen LogP contribution in [-0.4, -0.2) is 11.0 Å². The van der Waals surface area contributed by atoms with Crippen LogP contribution in [0.2, 0.25) is 0 Å². The Morgan fingerprint density at radius 3 is 2.50 bits per heavy atom. The Morgan fingerprint density at radius 2 is 1.93 bits per heavy atom. The Balaban J connectivity index is 2.06. The second kappa shape index (κ2) is 7.62. The van der Waals surface area contributed by atoms with Crippen molar-refractivity contribution in [3.63, 3.8) is 0 Å². The average molecular weight is 214 g/mol. The largest absolute Gasteiger partial charge is 0.158 e. The van der Waals surface area contributed by atoms with E-state index in [-0.39, 0.29) is 0 Å². The van der Waals surface area contributed by atoms with Crippen LogP contribution in [0.5, 0.6) is 0 Å². The van der Waals surface area contributed by atoms with Crippen molar-refractivity contribution in [2.75, 3.05) is 5.75 Å². The molecule has 1 heteroatoms. The average Bonchev–Trinajstić information content (AvgIpc) is 2.71. The fourth-order valence-corrected chi connectivity index (χ4v) is 3.84. The summed E-state index contributed by atoms with van der Waals surface area (Å²) in [4.78, 5) is 0. The summed E-state index contributed by atoms with van der Waals surface area (Å²) in [6.45, 7) is 4.66. The minimum Gasteiger partial charge on any atom is -0.158 e. The molecule has 0 heterocycles. The van der Waals surface area contributed by atoms with Gasteiger partial charge in [0.05, 0.1) is 0 Å². The van der Waals surface area contributed by atoms with Crippen LogP contribution in [0.15, 0.2) is 0 Å². The summed E-state index contributed by atoms with van der Waals surface area (Å²) in [7, 11) is 0. The molecule has 1 atom stereocenters. The molecule has 0 spiro atoms. The highest BCUT2D eigenvalue weighted by Crippen LogP contribution is 2.31. The van der Waals surface area contributed by atoms with Gasteiger partial charge in [0.25, 0.3) is 0 Å². The number of rotatable bonds is 7. The Hall–Kier alpha value is 0.350. The van der Waals surface area contributed by atoms with Crippen LogP contribution < -0.4 is 0 Å². The maximum atomic E-state index is 2.36. The van der Waals surface area contributed by atoms with Crippen LogP contribution in [0, 0.1) is 5.92 Å². The summed E-state index contributed by atoms with van der Waals surface area (Å²) >= 11 is 2.27. The number of hydrogen-bond donors (Lipinski definition) is 0. The molecular formula is C13H26S. The van der Waals surface area contributed by atoms with Crippen molar-refractivity contribution in [2.24, 2.45) is 5.92 Å². The molecule has 0 aromatic rings. The first-order valence-corrected chi connectivity index (χ1v) is 7.53. The van der Waals surface area contributed by atoms with E-state index in [1.807, 2.05) is 0 Å². The minimum atomic E-state index is 1.00. The Kier molecular flexibility index (Phi) is 6.76. The lowest BCUT2D eigenvalue weighted by Gasteiger charge is -2.16. The van der Waals surface area contributed by atoms with Crippen molar-refractivity contribution in [2.45, 2.75) is 70.5 Å². The molecule has 1 aliphatic rings. The van der Waals surface area contributed by atoms with Crippen LogP contribution in [-0.2, 0) is 0 Å². The van der Waals surface area contributed by atoms with Crippen LogP contribution >= 0.6 is 11.8 Å². The first-order valence-electron chi connectivity index (χ1n) is 6.48. The van der Waals surface area contributed by atoms with Crippen molar-refractivity contribution < 1.29 is 0 Å². The predicted octanol–water partition coefficient (Wildman–Crippen LogP) is 4.88. The summed E-state index contributed by atoms with van der Waals surface area (Å²) in [5.74, 6) is 2.43. The van der Waals surface area contributed by atoms with E-state index in [2.05, 4.69) is 25.6 Å². The predicted molar refractivity (Wildman–Crippen MR) is 68.0 cm³/mol. The zero-order valence-electron chi connectivity index (χ0n) is 9.93. The third-order valence-corrected chi connectivity index (χ3v) is 5.02. The molecule has 84 valence electrons. The van der Waals surface area contributed by atoms with Gasteiger partial charge in [0.2, 0.25) is 0 Å². The highest BCUT2D eigenvalue weighted by Gasteiger charge is 2.16. The van der Waals surface area contributed by atoms with Gasteiger partial charge in [-0.2, -0.15) is 11.8 Å². The standard InChI is InChI=1S/C13H26S/c1-3-5-8-12(4-2)11-14-13-9-6-7-10-13/h12-13H,3-11H2,1-2H3. The van der Waals surface area contributed by atoms with Crippen molar-refractivity contribution >= 4 is 11.8 Å². The summed E-state index contributed by atoms with van der Waals surface area (Å²) in [6.07, 6.45) is 11.6. The van der Waals surface area contributed by atoms with Gasteiger partial charge in [-0.15, -0.1) is 0 Å². The fraction of sp³-hybridized carbons (Fsp3) is 1.00.